The fourth-order valence-electron chi connectivity index (χ4n) is 1.02. The van der Waals surface area contributed by atoms with E-state index >= 15 is 0 Å². The summed E-state index contributed by atoms with van der Waals surface area (Å²) < 4.78 is 5.06. The van der Waals surface area contributed by atoms with Crippen LogP contribution < -0.4 is 4.74 Å². The molecular formula is C13H14O. The van der Waals surface area contributed by atoms with E-state index in [9.17, 15) is 0 Å². The average molecular weight is 186 g/mol. The third-order valence-electron chi connectivity index (χ3n) is 1.76. The topological polar surface area (TPSA) is 9.23 Å². The number of hydrogen-bond acceptors (Lipinski definition) is 1. The summed E-state index contributed by atoms with van der Waals surface area (Å²) in [5.41, 5.74) is 1.15. The molecule has 0 saturated heterocycles. The van der Waals surface area contributed by atoms with Gasteiger partial charge < -0.3 is 4.74 Å². The van der Waals surface area contributed by atoms with Crippen LogP contribution in [0.1, 0.15) is 5.56 Å². The Bertz CT molecular complexity index is 331. The van der Waals surface area contributed by atoms with Gasteiger partial charge >= 0.3 is 0 Å². The Morgan fingerprint density at radius 2 is 1.79 bits per heavy atom. The Morgan fingerprint density at radius 1 is 1.07 bits per heavy atom. The lowest BCUT2D eigenvalue weighted by molar-refractivity contribution is 0.415. The van der Waals surface area contributed by atoms with Crippen molar-refractivity contribution in [3.05, 3.63) is 60.7 Å². The zero-order chi connectivity index (χ0) is 10.2. The van der Waals surface area contributed by atoms with Gasteiger partial charge in [0.2, 0.25) is 0 Å². The van der Waals surface area contributed by atoms with Gasteiger partial charge in [-0.25, -0.2) is 0 Å². The fraction of sp³-hybridized carbons (Fsp3) is 0.0769. The molecule has 0 bridgehead atoms. The van der Waals surface area contributed by atoms with Crippen LogP contribution in [-0.4, -0.2) is 7.11 Å². The van der Waals surface area contributed by atoms with Gasteiger partial charge in [0.15, 0.2) is 0 Å². The fourth-order valence-corrected chi connectivity index (χ4v) is 1.02. The molecule has 1 aromatic rings. The summed E-state index contributed by atoms with van der Waals surface area (Å²) in [4.78, 5) is 0. The van der Waals surface area contributed by atoms with Gasteiger partial charge in [0, 0.05) is 0 Å². The number of benzene rings is 1. The van der Waals surface area contributed by atoms with E-state index < -0.39 is 0 Å². The van der Waals surface area contributed by atoms with Crippen LogP contribution in [0.5, 0.6) is 5.75 Å². The lowest BCUT2D eigenvalue weighted by Gasteiger charge is -1.98. The van der Waals surface area contributed by atoms with Crippen LogP contribution in [0.3, 0.4) is 0 Å². The van der Waals surface area contributed by atoms with E-state index in [4.69, 9.17) is 4.74 Å². The average Bonchev–Trinajstić information content (AvgIpc) is 2.25. The summed E-state index contributed by atoms with van der Waals surface area (Å²) in [6, 6.07) is 7.90. The SMILES string of the molecule is C=CC=CC=Cc1ccc(OC)cc1. The lowest BCUT2D eigenvalue weighted by atomic mass is 10.2. The summed E-state index contributed by atoms with van der Waals surface area (Å²) in [6.07, 6.45) is 9.58. The van der Waals surface area contributed by atoms with E-state index in [1.54, 1.807) is 13.2 Å². The van der Waals surface area contributed by atoms with Crippen LogP contribution in [0, 0.1) is 0 Å². The maximum Gasteiger partial charge on any atom is 0.118 e. The highest BCUT2D eigenvalue weighted by Gasteiger charge is 1.88. The molecule has 0 heterocycles. The van der Waals surface area contributed by atoms with Gasteiger partial charge in [-0.15, -0.1) is 0 Å². The van der Waals surface area contributed by atoms with Gasteiger partial charge in [-0.2, -0.15) is 0 Å². The molecule has 0 aliphatic carbocycles. The van der Waals surface area contributed by atoms with Gasteiger partial charge in [0.1, 0.15) is 5.75 Å². The van der Waals surface area contributed by atoms with E-state index in [2.05, 4.69) is 6.58 Å². The number of methoxy groups -OCH3 is 1. The van der Waals surface area contributed by atoms with Gasteiger partial charge in [0.05, 0.1) is 7.11 Å². The van der Waals surface area contributed by atoms with Crippen LogP contribution in [0.15, 0.2) is 55.1 Å². The number of allylic oxidation sites excluding steroid dienone is 4. The van der Waals surface area contributed by atoms with E-state index in [-0.39, 0.29) is 0 Å². The summed E-state index contributed by atoms with van der Waals surface area (Å²) in [6.45, 7) is 3.59. The predicted molar refractivity (Wildman–Crippen MR) is 61.4 cm³/mol. The molecule has 0 aliphatic rings. The standard InChI is InChI=1S/C13H14O/c1-3-4-5-6-7-12-8-10-13(14-2)11-9-12/h3-11H,1H2,2H3. The van der Waals surface area contributed by atoms with Gasteiger partial charge in [-0.05, 0) is 17.7 Å². The number of hydrogen-bond donors (Lipinski definition) is 0. The van der Waals surface area contributed by atoms with Crippen molar-refractivity contribution in [2.45, 2.75) is 0 Å². The quantitative estimate of drug-likeness (QED) is 0.654. The van der Waals surface area contributed by atoms with E-state index in [1.165, 1.54) is 0 Å². The molecule has 0 aromatic heterocycles. The Kier molecular flexibility index (Phi) is 4.29. The highest BCUT2D eigenvalue weighted by Crippen LogP contribution is 2.12. The molecular weight excluding hydrogens is 172 g/mol. The zero-order valence-electron chi connectivity index (χ0n) is 8.31. The molecule has 0 N–H and O–H groups in total. The number of ether oxygens (including phenoxy) is 1. The highest BCUT2D eigenvalue weighted by molar-refractivity contribution is 5.52. The van der Waals surface area contributed by atoms with E-state index in [1.807, 2.05) is 48.6 Å². The Morgan fingerprint density at radius 3 is 2.36 bits per heavy atom. The van der Waals surface area contributed by atoms with Gasteiger partial charge in [-0.3, -0.25) is 0 Å². The minimum atomic E-state index is 0.879. The molecule has 14 heavy (non-hydrogen) atoms. The molecule has 0 spiro atoms. The molecule has 0 amide bonds. The van der Waals surface area contributed by atoms with Crippen molar-refractivity contribution in [2.75, 3.05) is 7.11 Å². The van der Waals surface area contributed by atoms with Gasteiger partial charge in [-0.1, -0.05) is 49.1 Å². The molecule has 0 fully saturated rings. The van der Waals surface area contributed by atoms with E-state index in [0.717, 1.165) is 11.3 Å². The minimum absolute atomic E-state index is 0.879. The summed E-state index contributed by atoms with van der Waals surface area (Å²) in [7, 11) is 1.66. The van der Waals surface area contributed by atoms with Crippen LogP contribution in [-0.2, 0) is 0 Å². The molecule has 72 valence electrons. The zero-order valence-corrected chi connectivity index (χ0v) is 8.31. The molecule has 0 saturated carbocycles. The van der Waals surface area contributed by atoms with E-state index in [0.29, 0.717) is 0 Å². The van der Waals surface area contributed by atoms with Crippen molar-refractivity contribution >= 4 is 6.08 Å². The van der Waals surface area contributed by atoms with Crippen molar-refractivity contribution in [1.29, 1.82) is 0 Å². The van der Waals surface area contributed by atoms with Crippen LogP contribution in [0.2, 0.25) is 0 Å². The molecule has 0 aliphatic heterocycles. The lowest BCUT2D eigenvalue weighted by Crippen LogP contribution is -1.81. The second kappa shape index (κ2) is 5.81. The van der Waals surface area contributed by atoms with Crippen molar-refractivity contribution in [2.24, 2.45) is 0 Å². The molecule has 0 unspecified atom stereocenters. The van der Waals surface area contributed by atoms with Crippen LogP contribution in [0.25, 0.3) is 6.08 Å². The molecule has 1 aromatic carbocycles. The first kappa shape index (κ1) is 10.3. The first-order valence-electron chi connectivity index (χ1n) is 4.46. The molecule has 1 heteroatoms. The monoisotopic (exact) mass is 186 g/mol. The summed E-state index contributed by atoms with van der Waals surface area (Å²) >= 11 is 0. The van der Waals surface area contributed by atoms with Crippen molar-refractivity contribution in [3.63, 3.8) is 0 Å². The first-order chi connectivity index (χ1) is 6.86. The Balaban J connectivity index is 2.63. The second-order valence-electron chi connectivity index (χ2n) is 2.75. The third-order valence-corrected chi connectivity index (χ3v) is 1.76. The van der Waals surface area contributed by atoms with Crippen molar-refractivity contribution in [1.82, 2.24) is 0 Å². The highest BCUT2D eigenvalue weighted by atomic mass is 16.5. The van der Waals surface area contributed by atoms with Gasteiger partial charge in [0.25, 0.3) is 0 Å². The second-order valence-corrected chi connectivity index (χ2v) is 2.75. The maximum absolute atomic E-state index is 5.06. The smallest absolute Gasteiger partial charge is 0.118 e. The summed E-state index contributed by atoms with van der Waals surface area (Å²) in [5.74, 6) is 0.879. The molecule has 0 radical (unpaired) electrons. The predicted octanol–water partition coefficient (Wildman–Crippen LogP) is 3.45. The minimum Gasteiger partial charge on any atom is -0.497 e. The first-order valence-corrected chi connectivity index (χ1v) is 4.46. The summed E-state index contributed by atoms with van der Waals surface area (Å²) in [5, 5.41) is 0. The molecule has 1 nitrogen and oxygen atoms in total. The van der Waals surface area contributed by atoms with Crippen LogP contribution in [0.4, 0.5) is 0 Å². The van der Waals surface area contributed by atoms with Crippen molar-refractivity contribution < 1.29 is 4.74 Å². The maximum atomic E-state index is 5.06. The van der Waals surface area contributed by atoms with Crippen molar-refractivity contribution in [3.8, 4) is 5.75 Å². The third kappa shape index (κ3) is 3.31. The van der Waals surface area contributed by atoms with Crippen LogP contribution >= 0.6 is 0 Å². The Labute approximate surface area is 85.0 Å². The Hall–Kier alpha value is -1.76. The largest absolute Gasteiger partial charge is 0.497 e. The number of rotatable bonds is 4. The molecule has 1 rings (SSSR count). The molecule has 0 atom stereocenters. The normalized spacial score (nSPS) is 10.9.